The quantitative estimate of drug-likeness (QED) is 0.740. The molecule has 0 N–H and O–H groups in total. The van der Waals surface area contributed by atoms with Crippen LogP contribution in [0.15, 0.2) is 12.3 Å². The highest BCUT2D eigenvalue weighted by atomic mass is 19.4. The molecule has 0 fully saturated rings. The van der Waals surface area contributed by atoms with Crippen LogP contribution >= 0.6 is 0 Å². The van der Waals surface area contributed by atoms with Gasteiger partial charge < -0.3 is 4.90 Å². The van der Waals surface area contributed by atoms with Crippen LogP contribution in [-0.4, -0.2) is 33.7 Å². The number of hydrogen-bond donors (Lipinski definition) is 0. The van der Waals surface area contributed by atoms with Gasteiger partial charge >= 0.3 is 6.18 Å². The summed E-state index contributed by atoms with van der Waals surface area (Å²) in [6.07, 6.45) is -2.76. The highest BCUT2D eigenvalue weighted by Crippen LogP contribution is 2.44. The summed E-state index contributed by atoms with van der Waals surface area (Å²) in [6.45, 7) is 1.25. The molecule has 2 aromatic rings. The molecule has 0 saturated carbocycles. The Hall–Kier alpha value is -2.12. The number of amides is 1. The molecule has 1 atom stereocenters. The number of carbonyl (C=O) groups excluding carboxylic acids is 1. The number of rotatable bonds is 1. The van der Waals surface area contributed by atoms with Crippen LogP contribution in [0.2, 0.25) is 0 Å². The molecule has 0 bridgehead atoms. The fourth-order valence-electron chi connectivity index (χ4n) is 2.34. The third-order valence-electron chi connectivity index (χ3n) is 3.16. The molecule has 100 valence electrons. The molecule has 0 aliphatic carbocycles. The van der Waals surface area contributed by atoms with Crippen LogP contribution in [0.4, 0.5) is 18.9 Å². The molecular weight excluding hydrogens is 261 g/mol. The van der Waals surface area contributed by atoms with Crippen LogP contribution in [-0.2, 0) is 4.79 Å². The molecule has 19 heavy (non-hydrogen) atoms. The van der Waals surface area contributed by atoms with Crippen molar-refractivity contribution >= 4 is 17.7 Å². The van der Waals surface area contributed by atoms with Crippen LogP contribution in [0.5, 0.6) is 0 Å². The van der Waals surface area contributed by atoms with E-state index < -0.39 is 18.6 Å². The minimum absolute atomic E-state index is 0.0299. The molecule has 8 heteroatoms. The van der Waals surface area contributed by atoms with Crippen molar-refractivity contribution in [1.82, 2.24) is 14.6 Å². The average molecular weight is 270 g/mol. The number of aromatic nitrogens is 3. The Kier molecular flexibility index (Phi) is 2.32. The van der Waals surface area contributed by atoms with Gasteiger partial charge in [0.2, 0.25) is 6.41 Å². The lowest BCUT2D eigenvalue weighted by Crippen LogP contribution is -2.27. The van der Waals surface area contributed by atoms with Crippen molar-refractivity contribution in [2.24, 2.45) is 0 Å². The summed E-state index contributed by atoms with van der Waals surface area (Å²) >= 11 is 0. The Morgan fingerprint density at radius 1 is 1.47 bits per heavy atom. The smallest absolute Gasteiger partial charge is 0.311 e. The van der Waals surface area contributed by atoms with Gasteiger partial charge in [-0.25, -0.2) is 9.50 Å². The third-order valence-corrected chi connectivity index (χ3v) is 3.16. The van der Waals surface area contributed by atoms with Crippen molar-refractivity contribution in [2.75, 3.05) is 11.4 Å². The van der Waals surface area contributed by atoms with E-state index in [0.29, 0.717) is 17.8 Å². The molecule has 1 amide bonds. The summed E-state index contributed by atoms with van der Waals surface area (Å²) in [5, 5.41) is 4.03. The number of fused-ring (bicyclic) bond motifs is 3. The van der Waals surface area contributed by atoms with Crippen LogP contribution < -0.4 is 4.90 Å². The molecule has 1 aliphatic heterocycles. The lowest BCUT2D eigenvalue weighted by atomic mass is 10.1. The Labute approximate surface area is 105 Å². The number of halogens is 3. The molecule has 0 spiro atoms. The number of nitrogens with zero attached hydrogens (tertiary/aromatic N) is 4. The van der Waals surface area contributed by atoms with E-state index in [1.54, 1.807) is 13.0 Å². The van der Waals surface area contributed by atoms with Gasteiger partial charge in [0.15, 0.2) is 5.65 Å². The topological polar surface area (TPSA) is 50.5 Å². The molecule has 1 aliphatic rings. The Morgan fingerprint density at radius 2 is 2.21 bits per heavy atom. The summed E-state index contributed by atoms with van der Waals surface area (Å²) in [7, 11) is 0. The normalized spacial score (nSPS) is 18.9. The first-order valence-corrected chi connectivity index (χ1v) is 5.55. The fourth-order valence-corrected chi connectivity index (χ4v) is 2.34. The highest BCUT2D eigenvalue weighted by Gasteiger charge is 2.49. The lowest BCUT2D eigenvalue weighted by molar-refractivity contribution is -0.147. The molecule has 3 rings (SSSR count). The lowest BCUT2D eigenvalue weighted by Gasteiger charge is -2.15. The Balaban J connectivity index is 2.30. The number of carbonyl (C=O) groups is 1. The molecule has 1 unspecified atom stereocenters. The van der Waals surface area contributed by atoms with Crippen LogP contribution in [0.1, 0.15) is 17.3 Å². The number of aryl methyl sites for hydroxylation is 1. The maximum absolute atomic E-state index is 13.1. The molecule has 0 saturated heterocycles. The van der Waals surface area contributed by atoms with E-state index in [-0.39, 0.29) is 11.4 Å². The molecule has 3 heterocycles. The van der Waals surface area contributed by atoms with E-state index in [0.717, 1.165) is 4.90 Å². The number of alkyl halides is 3. The Morgan fingerprint density at radius 3 is 2.84 bits per heavy atom. The summed E-state index contributed by atoms with van der Waals surface area (Å²) in [6, 6.07) is 1.59. The first-order valence-electron chi connectivity index (χ1n) is 5.55. The highest BCUT2D eigenvalue weighted by molar-refractivity contribution is 5.80. The van der Waals surface area contributed by atoms with Crippen molar-refractivity contribution < 1.29 is 18.0 Å². The van der Waals surface area contributed by atoms with Gasteiger partial charge in [-0.2, -0.15) is 18.3 Å². The SMILES string of the molecule is Cc1cc2ncc3c(n2n1)C(C(F)(F)F)CN3C=O. The minimum atomic E-state index is -4.43. The minimum Gasteiger partial charge on any atom is -0.311 e. The van der Waals surface area contributed by atoms with E-state index >= 15 is 0 Å². The Bertz CT molecular complexity index is 664. The van der Waals surface area contributed by atoms with Gasteiger partial charge in [0, 0.05) is 12.6 Å². The molecular formula is C11H9F3N4O. The van der Waals surface area contributed by atoms with Gasteiger partial charge in [-0.05, 0) is 6.92 Å². The van der Waals surface area contributed by atoms with Gasteiger partial charge in [0.05, 0.1) is 23.3 Å². The van der Waals surface area contributed by atoms with E-state index in [2.05, 4.69) is 10.1 Å². The summed E-state index contributed by atoms with van der Waals surface area (Å²) in [4.78, 5) is 15.9. The predicted octanol–water partition coefficient (Wildman–Crippen LogP) is 1.66. The van der Waals surface area contributed by atoms with E-state index in [4.69, 9.17) is 0 Å². The summed E-state index contributed by atoms with van der Waals surface area (Å²) < 4.78 is 40.4. The van der Waals surface area contributed by atoms with Gasteiger partial charge in [-0.1, -0.05) is 0 Å². The standard InChI is InChI=1S/C11H9F3N4O/c1-6-2-9-15-3-8-10(18(9)16-6)7(11(12,13)14)4-17(8)5-19/h2-3,5,7H,4H2,1H3. The van der Waals surface area contributed by atoms with Crippen molar-refractivity contribution in [2.45, 2.75) is 19.0 Å². The predicted molar refractivity (Wildman–Crippen MR) is 59.9 cm³/mol. The van der Waals surface area contributed by atoms with Gasteiger partial charge in [0.1, 0.15) is 5.92 Å². The van der Waals surface area contributed by atoms with Gasteiger partial charge in [-0.3, -0.25) is 4.79 Å². The molecule has 2 aromatic heterocycles. The number of hydrogen-bond acceptors (Lipinski definition) is 3. The maximum atomic E-state index is 13.1. The largest absolute Gasteiger partial charge is 0.399 e. The first-order chi connectivity index (χ1) is 8.91. The monoisotopic (exact) mass is 270 g/mol. The third kappa shape index (κ3) is 1.66. The first kappa shape index (κ1) is 11.9. The zero-order chi connectivity index (χ0) is 13.8. The summed E-state index contributed by atoms with van der Waals surface area (Å²) in [5.41, 5.74) is 1.05. The van der Waals surface area contributed by atoms with Crippen molar-refractivity contribution in [3.05, 3.63) is 23.7 Å². The average Bonchev–Trinajstić information content (AvgIpc) is 2.86. The second-order valence-corrected chi connectivity index (χ2v) is 4.44. The number of anilines is 1. The second-order valence-electron chi connectivity index (χ2n) is 4.44. The van der Waals surface area contributed by atoms with Crippen molar-refractivity contribution in [1.29, 1.82) is 0 Å². The zero-order valence-corrected chi connectivity index (χ0v) is 9.85. The van der Waals surface area contributed by atoms with E-state index in [1.165, 1.54) is 10.7 Å². The van der Waals surface area contributed by atoms with Crippen LogP contribution in [0.25, 0.3) is 5.65 Å². The van der Waals surface area contributed by atoms with Crippen LogP contribution in [0.3, 0.4) is 0 Å². The van der Waals surface area contributed by atoms with Gasteiger partial charge in [-0.15, -0.1) is 0 Å². The zero-order valence-electron chi connectivity index (χ0n) is 9.85. The van der Waals surface area contributed by atoms with E-state index in [1.807, 2.05) is 0 Å². The summed E-state index contributed by atoms with van der Waals surface area (Å²) in [5.74, 6) is -1.74. The van der Waals surface area contributed by atoms with Gasteiger partial charge in [0.25, 0.3) is 0 Å². The maximum Gasteiger partial charge on any atom is 0.399 e. The van der Waals surface area contributed by atoms with Crippen molar-refractivity contribution in [3.8, 4) is 0 Å². The fraction of sp³-hybridized carbons (Fsp3) is 0.364. The van der Waals surface area contributed by atoms with Crippen LogP contribution in [0, 0.1) is 6.92 Å². The van der Waals surface area contributed by atoms with E-state index in [9.17, 15) is 18.0 Å². The molecule has 5 nitrogen and oxygen atoms in total. The molecule has 0 radical (unpaired) electrons. The second kappa shape index (κ2) is 3.69. The van der Waals surface area contributed by atoms with Crippen molar-refractivity contribution in [3.63, 3.8) is 0 Å². The molecule has 0 aromatic carbocycles.